The molecular formula is C58H106NO8P. The standard InChI is InChI=1S/C58H106NO8P/c1-6-8-10-12-14-16-18-20-21-22-23-24-25-26-27-28-29-30-31-32-33-34-35-36-37-39-41-43-45-47-49-51-58(61)67-56(55-66-68(62,63)65-53-52-59(3,4)5)54-64-57(60)50-48-46-44-42-40-38-19-17-15-13-11-9-7-2/h8,10,14,16,20-21,23-24,26-27,56H,6-7,9,11-13,15,17-19,22,25,28-55H2,1-5H3/b10-8-,16-14-,21-20-,24-23-,27-26-. The van der Waals surface area contributed by atoms with Crippen LogP contribution in [0, 0.1) is 0 Å². The fourth-order valence-corrected chi connectivity index (χ4v) is 8.47. The van der Waals surface area contributed by atoms with Crippen LogP contribution in [0.2, 0.25) is 0 Å². The van der Waals surface area contributed by atoms with Crippen molar-refractivity contribution < 1.29 is 42.1 Å². The van der Waals surface area contributed by atoms with E-state index in [9.17, 15) is 19.0 Å². The molecule has 2 unspecified atom stereocenters. The van der Waals surface area contributed by atoms with Crippen LogP contribution in [-0.2, 0) is 32.7 Å². The lowest BCUT2D eigenvalue weighted by Gasteiger charge is -2.28. The van der Waals surface area contributed by atoms with E-state index in [-0.39, 0.29) is 32.0 Å². The van der Waals surface area contributed by atoms with Gasteiger partial charge in [-0.3, -0.25) is 14.2 Å². The summed E-state index contributed by atoms with van der Waals surface area (Å²) < 4.78 is 34.1. The van der Waals surface area contributed by atoms with Crippen LogP contribution in [0.1, 0.15) is 245 Å². The molecule has 0 saturated heterocycles. The molecule has 68 heavy (non-hydrogen) atoms. The molecule has 0 rings (SSSR count). The van der Waals surface area contributed by atoms with Gasteiger partial charge in [0.2, 0.25) is 0 Å². The first-order valence-electron chi connectivity index (χ1n) is 28.0. The van der Waals surface area contributed by atoms with Crippen LogP contribution in [0.25, 0.3) is 0 Å². The normalized spacial score (nSPS) is 13.8. The van der Waals surface area contributed by atoms with Crippen molar-refractivity contribution in [3.05, 3.63) is 60.8 Å². The summed E-state index contributed by atoms with van der Waals surface area (Å²) in [6.45, 7) is 4.14. The lowest BCUT2D eigenvalue weighted by atomic mass is 10.0. The van der Waals surface area contributed by atoms with E-state index < -0.39 is 26.5 Å². The first-order valence-corrected chi connectivity index (χ1v) is 29.5. The van der Waals surface area contributed by atoms with Gasteiger partial charge >= 0.3 is 11.9 Å². The van der Waals surface area contributed by atoms with Gasteiger partial charge in [0.05, 0.1) is 27.7 Å². The van der Waals surface area contributed by atoms with E-state index in [1.165, 1.54) is 141 Å². The van der Waals surface area contributed by atoms with Crippen LogP contribution in [0.3, 0.4) is 0 Å². The number of quaternary nitrogens is 1. The van der Waals surface area contributed by atoms with E-state index in [0.717, 1.165) is 70.6 Å². The minimum Gasteiger partial charge on any atom is -0.756 e. The number of nitrogens with zero attached hydrogens (tertiary/aromatic N) is 1. The van der Waals surface area contributed by atoms with Crippen LogP contribution in [0.4, 0.5) is 0 Å². The Balaban J connectivity index is 4.07. The molecular weight excluding hydrogens is 870 g/mol. The second-order valence-electron chi connectivity index (χ2n) is 19.9. The third-order valence-electron chi connectivity index (χ3n) is 12.1. The number of hydrogen-bond acceptors (Lipinski definition) is 8. The molecule has 9 nitrogen and oxygen atoms in total. The van der Waals surface area contributed by atoms with E-state index in [1.807, 2.05) is 21.1 Å². The molecule has 0 spiro atoms. The summed E-state index contributed by atoms with van der Waals surface area (Å²) in [4.78, 5) is 37.7. The Morgan fingerprint density at radius 3 is 1.25 bits per heavy atom. The lowest BCUT2D eigenvalue weighted by Crippen LogP contribution is -2.37. The summed E-state index contributed by atoms with van der Waals surface area (Å²) in [6, 6.07) is 0. The second kappa shape index (κ2) is 49.7. The minimum absolute atomic E-state index is 0.0302. The van der Waals surface area contributed by atoms with Crippen LogP contribution in [-0.4, -0.2) is 70.0 Å². The van der Waals surface area contributed by atoms with Gasteiger partial charge in [0.25, 0.3) is 7.82 Å². The largest absolute Gasteiger partial charge is 0.756 e. The molecule has 0 aromatic rings. The molecule has 0 fully saturated rings. The highest BCUT2D eigenvalue weighted by Crippen LogP contribution is 2.38. The molecule has 0 saturated carbocycles. The van der Waals surface area contributed by atoms with Gasteiger partial charge in [-0.1, -0.05) is 235 Å². The third kappa shape index (κ3) is 53.1. The summed E-state index contributed by atoms with van der Waals surface area (Å²) in [7, 11) is 1.17. The number of esters is 2. The maximum Gasteiger partial charge on any atom is 0.306 e. The fraction of sp³-hybridized carbons (Fsp3) is 0.793. The SMILES string of the molecule is CC/C=C\C/C=C\C/C=C\C/C=C\C/C=C\CCCCCCCCCCCCCCCCCC(=O)OC(COC(=O)CCCCCCCCCCCCCCC)COP(=O)([O-])OCC[N+](C)(C)C. The molecule has 0 aliphatic carbocycles. The highest BCUT2D eigenvalue weighted by atomic mass is 31.2. The van der Waals surface area contributed by atoms with E-state index >= 15 is 0 Å². The molecule has 0 bridgehead atoms. The number of phosphoric ester groups is 1. The molecule has 396 valence electrons. The zero-order valence-electron chi connectivity index (χ0n) is 44.8. The first-order chi connectivity index (χ1) is 33.0. The maximum atomic E-state index is 12.8. The minimum atomic E-state index is -4.63. The Kier molecular flexibility index (Phi) is 48.0. The fourth-order valence-electron chi connectivity index (χ4n) is 7.74. The molecule has 10 heteroatoms. The number of carbonyl (C=O) groups is 2. The summed E-state index contributed by atoms with van der Waals surface area (Å²) in [5.74, 6) is -0.826. The Bertz CT molecular complexity index is 1340. The van der Waals surface area contributed by atoms with Gasteiger partial charge in [-0.2, -0.15) is 0 Å². The Morgan fingerprint density at radius 2 is 0.838 bits per heavy atom. The van der Waals surface area contributed by atoms with Crippen molar-refractivity contribution in [3.8, 4) is 0 Å². The van der Waals surface area contributed by atoms with E-state index in [1.54, 1.807) is 0 Å². The molecule has 2 atom stereocenters. The van der Waals surface area contributed by atoms with Gasteiger partial charge in [-0.25, -0.2) is 0 Å². The quantitative estimate of drug-likeness (QED) is 0.0195. The number of likely N-dealkylation sites (N-methyl/N-ethyl adjacent to an activating group) is 1. The molecule has 0 aliphatic rings. The van der Waals surface area contributed by atoms with Gasteiger partial charge in [0.15, 0.2) is 6.10 Å². The van der Waals surface area contributed by atoms with Crippen LogP contribution in [0.15, 0.2) is 60.8 Å². The number of allylic oxidation sites excluding steroid dienone is 10. The molecule has 0 aromatic carbocycles. The lowest BCUT2D eigenvalue weighted by molar-refractivity contribution is -0.870. The van der Waals surface area contributed by atoms with Crippen molar-refractivity contribution in [3.63, 3.8) is 0 Å². The predicted octanol–water partition coefficient (Wildman–Crippen LogP) is 16.5. The molecule has 0 radical (unpaired) electrons. The average molecular weight is 976 g/mol. The van der Waals surface area contributed by atoms with Crippen molar-refractivity contribution in [2.24, 2.45) is 0 Å². The van der Waals surface area contributed by atoms with E-state index in [0.29, 0.717) is 17.4 Å². The molecule has 0 heterocycles. The monoisotopic (exact) mass is 976 g/mol. The average Bonchev–Trinajstić information content (AvgIpc) is 3.30. The number of rotatable bonds is 51. The third-order valence-corrected chi connectivity index (χ3v) is 13.0. The van der Waals surface area contributed by atoms with Gasteiger partial charge in [-0.15, -0.1) is 0 Å². The van der Waals surface area contributed by atoms with Crippen LogP contribution >= 0.6 is 7.82 Å². The Hall–Kier alpha value is -2.29. The highest BCUT2D eigenvalue weighted by Gasteiger charge is 2.21. The van der Waals surface area contributed by atoms with Crippen molar-refractivity contribution in [2.45, 2.75) is 251 Å². The van der Waals surface area contributed by atoms with Gasteiger partial charge < -0.3 is 27.9 Å². The number of hydrogen-bond donors (Lipinski definition) is 0. The zero-order chi connectivity index (χ0) is 49.9. The smallest absolute Gasteiger partial charge is 0.306 e. The zero-order valence-corrected chi connectivity index (χ0v) is 45.7. The Labute approximate surface area is 419 Å². The van der Waals surface area contributed by atoms with Crippen molar-refractivity contribution in [1.29, 1.82) is 0 Å². The van der Waals surface area contributed by atoms with Crippen molar-refractivity contribution >= 4 is 19.8 Å². The molecule has 0 aliphatic heterocycles. The van der Waals surface area contributed by atoms with Crippen LogP contribution in [0.5, 0.6) is 0 Å². The molecule has 0 amide bonds. The van der Waals surface area contributed by atoms with Crippen molar-refractivity contribution in [1.82, 2.24) is 0 Å². The summed E-state index contributed by atoms with van der Waals surface area (Å²) in [6.07, 6.45) is 62.7. The summed E-state index contributed by atoms with van der Waals surface area (Å²) in [5.41, 5.74) is 0. The molecule has 0 N–H and O–H groups in total. The number of unbranched alkanes of at least 4 members (excludes halogenated alkanes) is 27. The number of ether oxygens (including phenoxy) is 2. The molecule has 0 aromatic heterocycles. The first kappa shape index (κ1) is 65.7. The summed E-state index contributed by atoms with van der Waals surface area (Å²) >= 11 is 0. The van der Waals surface area contributed by atoms with Gasteiger partial charge in [-0.05, 0) is 57.8 Å². The van der Waals surface area contributed by atoms with Gasteiger partial charge in [0, 0.05) is 12.8 Å². The maximum absolute atomic E-state index is 12.8. The Morgan fingerprint density at radius 1 is 0.471 bits per heavy atom. The highest BCUT2D eigenvalue weighted by molar-refractivity contribution is 7.45. The summed E-state index contributed by atoms with van der Waals surface area (Å²) in [5, 5.41) is 0. The van der Waals surface area contributed by atoms with Crippen molar-refractivity contribution in [2.75, 3.05) is 47.5 Å². The van der Waals surface area contributed by atoms with E-state index in [2.05, 4.69) is 74.6 Å². The van der Waals surface area contributed by atoms with E-state index in [4.69, 9.17) is 18.5 Å². The number of phosphoric acid groups is 1. The van der Waals surface area contributed by atoms with Gasteiger partial charge in [0.1, 0.15) is 19.8 Å². The number of carbonyl (C=O) groups excluding carboxylic acids is 2. The topological polar surface area (TPSA) is 111 Å². The second-order valence-corrected chi connectivity index (χ2v) is 21.3. The van der Waals surface area contributed by atoms with Crippen LogP contribution < -0.4 is 4.89 Å². The predicted molar refractivity (Wildman–Crippen MR) is 287 cm³/mol.